The minimum atomic E-state index is -0.00796. The average Bonchev–Trinajstić information content (AvgIpc) is 2.90. The van der Waals surface area contributed by atoms with Crippen LogP contribution in [-0.2, 0) is 6.54 Å². The molecule has 6 heteroatoms. The first-order chi connectivity index (χ1) is 10.1. The molecule has 0 unspecified atom stereocenters. The van der Waals surface area contributed by atoms with Crippen molar-refractivity contribution in [3.63, 3.8) is 0 Å². The van der Waals surface area contributed by atoms with E-state index >= 15 is 0 Å². The molecule has 1 amide bonds. The fourth-order valence-corrected chi connectivity index (χ4v) is 2.29. The first-order valence-electron chi connectivity index (χ1n) is 6.73. The van der Waals surface area contributed by atoms with Crippen LogP contribution in [-0.4, -0.2) is 52.9 Å². The van der Waals surface area contributed by atoms with Crippen molar-refractivity contribution in [3.8, 4) is 0 Å². The van der Waals surface area contributed by atoms with Crippen LogP contribution in [0.25, 0.3) is 0 Å². The van der Waals surface area contributed by atoms with Crippen molar-refractivity contribution in [3.05, 3.63) is 52.5 Å². The Hall–Kier alpha value is -1.66. The summed E-state index contributed by atoms with van der Waals surface area (Å²) in [4.78, 5) is 23.6. The molecule has 0 radical (unpaired) electrons. The molecule has 0 atom stereocenters. The van der Waals surface area contributed by atoms with Crippen LogP contribution in [0.2, 0.25) is 0 Å². The summed E-state index contributed by atoms with van der Waals surface area (Å²) in [6.45, 7) is 2.03. The number of H-pyrrole nitrogens is 1. The van der Waals surface area contributed by atoms with Gasteiger partial charge in [-0.2, -0.15) is 0 Å². The van der Waals surface area contributed by atoms with Gasteiger partial charge in [-0.1, -0.05) is 6.07 Å². The molecule has 0 aliphatic carbocycles. The molecule has 2 rings (SSSR count). The van der Waals surface area contributed by atoms with E-state index in [0.29, 0.717) is 18.8 Å². The summed E-state index contributed by atoms with van der Waals surface area (Å²) >= 11 is 3.36. The number of carbonyl (C=O) groups is 1. The fraction of sp³-hybridized carbons (Fsp3) is 0.333. The third-order valence-electron chi connectivity index (χ3n) is 3.08. The Morgan fingerprint density at radius 1 is 1.38 bits per heavy atom. The topological polar surface area (TPSA) is 52.2 Å². The zero-order valence-corrected chi connectivity index (χ0v) is 13.8. The van der Waals surface area contributed by atoms with Crippen molar-refractivity contribution in [2.75, 3.05) is 27.2 Å². The van der Waals surface area contributed by atoms with Gasteiger partial charge in [0.05, 0.1) is 0 Å². The van der Waals surface area contributed by atoms with Gasteiger partial charge < -0.3 is 14.8 Å². The van der Waals surface area contributed by atoms with Crippen LogP contribution in [0.15, 0.2) is 41.3 Å². The van der Waals surface area contributed by atoms with Crippen LogP contribution in [0.5, 0.6) is 0 Å². The van der Waals surface area contributed by atoms with E-state index in [1.54, 1.807) is 24.7 Å². The van der Waals surface area contributed by atoms with Gasteiger partial charge in [-0.25, -0.2) is 0 Å². The maximum Gasteiger partial charge on any atom is 0.270 e. The molecule has 2 aromatic rings. The lowest BCUT2D eigenvalue weighted by atomic mass is 10.2. The number of pyridine rings is 1. The second-order valence-electron chi connectivity index (χ2n) is 5.12. The molecule has 0 aliphatic rings. The van der Waals surface area contributed by atoms with Crippen molar-refractivity contribution >= 4 is 21.8 Å². The molecule has 2 aromatic heterocycles. The highest BCUT2D eigenvalue weighted by molar-refractivity contribution is 9.10. The van der Waals surface area contributed by atoms with Crippen molar-refractivity contribution in [1.29, 1.82) is 0 Å². The van der Waals surface area contributed by atoms with Crippen molar-refractivity contribution in [2.45, 2.75) is 6.54 Å². The molecule has 21 heavy (non-hydrogen) atoms. The number of likely N-dealkylation sites (N-methyl/N-ethyl adjacent to an activating group) is 1. The van der Waals surface area contributed by atoms with Crippen LogP contribution in [0, 0.1) is 0 Å². The van der Waals surface area contributed by atoms with E-state index in [1.165, 1.54) is 0 Å². The molecule has 0 aromatic carbocycles. The lowest BCUT2D eigenvalue weighted by Gasteiger charge is -2.24. The molecule has 0 fully saturated rings. The third-order valence-corrected chi connectivity index (χ3v) is 3.54. The highest BCUT2D eigenvalue weighted by Gasteiger charge is 2.17. The lowest BCUT2D eigenvalue weighted by molar-refractivity contribution is 0.0726. The van der Waals surface area contributed by atoms with Gasteiger partial charge in [0.25, 0.3) is 5.91 Å². The van der Waals surface area contributed by atoms with Crippen LogP contribution in [0.3, 0.4) is 0 Å². The summed E-state index contributed by atoms with van der Waals surface area (Å²) in [6, 6.07) is 5.66. The molecule has 0 aliphatic heterocycles. The number of hydrogen-bond donors (Lipinski definition) is 1. The largest absolute Gasteiger partial charge is 0.356 e. The first kappa shape index (κ1) is 15.7. The minimum absolute atomic E-state index is 0.00796. The summed E-state index contributed by atoms with van der Waals surface area (Å²) in [5.41, 5.74) is 1.61. The highest BCUT2D eigenvalue weighted by atomic mass is 79.9. The van der Waals surface area contributed by atoms with Crippen LogP contribution in [0.1, 0.15) is 16.1 Å². The summed E-state index contributed by atoms with van der Waals surface area (Å²) in [6.07, 6.45) is 5.29. The van der Waals surface area contributed by atoms with Crippen molar-refractivity contribution < 1.29 is 4.79 Å². The number of nitrogens with zero attached hydrogens (tertiary/aromatic N) is 3. The molecule has 2 heterocycles. The number of hydrogen-bond acceptors (Lipinski definition) is 3. The Morgan fingerprint density at radius 2 is 2.19 bits per heavy atom. The van der Waals surface area contributed by atoms with Gasteiger partial charge in [-0.3, -0.25) is 9.78 Å². The van der Waals surface area contributed by atoms with E-state index < -0.39 is 0 Å². The summed E-state index contributed by atoms with van der Waals surface area (Å²) in [5, 5.41) is 0. The Kier molecular flexibility index (Phi) is 5.52. The van der Waals surface area contributed by atoms with E-state index in [1.807, 2.05) is 31.1 Å². The standard InChI is InChI=1S/C15H19BrN4O/c1-19(2)6-7-20(11-12-4-3-5-17-9-12)15(21)14-8-13(16)10-18-14/h3-5,8-10,18H,6-7,11H2,1-2H3. The number of aromatic amines is 1. The Labute approximate surface area is 133 Å². The molecular weight excluding hydrogens is 332 g/mol. The second-order valence-corrected chi connectivity index (χ2v) is 6.04. The Bertz CT molecular complexity index is 582. The zero-order valence-electron chi connectivity index (χ0n) is 12.2. The molecule has 5 nitrogen and oxygen atoms in total. The number of amides is 1. The van der Waals surface area contributed by atoms with E-state index in [4.69, 9.17) is 0 Å². The van der Waals surface area contributed by atoms with Crippen LogP contribution < -0.4 is 0 Å². The number of rotatable bonds is 6. The second kappa shape index (κ2) is 7.38. The summed E-state index contributed by atoms with van der Waals surface area (Å²) in [5.74, 6) is -0.00796. The zero-order chi connectivity index (χ0) is 15.2. The van der Waals surface area contributed by atoms with E-state index in [2.05, 4.69) is 30.8 Å². The van der Waals surface area contributed by atoms with Crippen LogP contribution >= 0.6 is 15.9 Å². The first-order valence-corrected chi connectivity index (χ1v) is 7.52. The predicted octanol–water partition coefficient (Wildman–Crippen LogP) is 2.38. The predicted molar refractivity (Wildman–Crippen MR) is 86.0 cm³/mol. The van der Waals surface area contributed by atoms with Crippen molar-refractivity contribution in [2.24, 2.45) is 0 Å². The lowest BCUT2D eigenvalue weighted by Crippen LogP contribution is -2.36. The highest BCUT2D eigenvalue weighted by Crippen LogP contribution is 2.14. The van der Waals surface area contributed by atoms with Gasteiger partial charge in [0, 0.05) is 42.7 Å². The molecule has 0 bridgehead atoms. The third kappa shape index (κ3) is 4.68. The number of nitrogens with one attached hydrogen (secondary N) is 1. The normalized spacial score (nSPS) is 10.9. The van der Waals surface area contributed by atoms with Gasteiger partial charge >= 0.3 is 0 Å². The fourth-order valence-electron chi connectivity index (χ4n) is 1.95. The minimum Gasteiger partial charge on any atom is -0.356 e. The number of carbonyl (C=O) groups excluding carboxylic acids is 1. The maximum atomic E-state index is 12.6. The van der Waals surface area contributed by atoms with E-state index in [9.17, 15) is 4.79 Å². The van der Waals surface area contributed by atoms with Crippen LogP contribution in [0.4, 0.5) is 0 Å². The van der Waals surface area contributed by atoms with Gasteiger partial charge in [-0.15, -0.1) is 0 Å². The number of halogens is 1. The molecule has 1 N–H and O–H groups in total. The Balaban J connectivity index is 2.13. The van der Waals surface area contributed by atoms with Gasteiger partial charge in [-0.05, 0) is 47.7 Å². The monoisotopic (exact) mass is 350 g/mol. The molecule has 112 valence electrons. The quantitative estimate of drug-likeness (QED) is 0.870. The summed E-state index contributed by atoms with van der Waals surface area (Å²) in [7, 11) is 4.00. The molecule has 0 saturated heterocycles. The van der Waals surface area contributed by atoms with E-state index in [-0.39, 0.29) is 5.91 Å². The molecule has 0 spiro atoms. The average molecular weight is 351 g/mol. The number of aromatic nitrogens is 2. The summed E-state index contributed by atoms with van der Waals surface area (Å²) < 4.78 is 0.875. The molecular formula is C15H19BrN4O. The smallest absolute Gasteiger partial charge is 0.270 e. The maximum absolute atomic E-state index is 12.6. The Morgan fingerprint density at radius 3 is 2.76 bits per heavy atom. The van der Waals surface area contributed by atoms with E-state index in [0.717, 1.165) is 16.6 Å². The van der Waals surface area contributed by atoms with Gasteiger partial charge in [0.15, 0.2) is 0 Å². The SMILES string of the molecule is CN(C)CCN(Cc1cccnc1)C(=O)c1cc(Br)c[nH]1. The van der Waals surface area contributed by atoms with Crippen molar-refractivity contribution in [1.82, 2.24) is 19.8 Å². The molecule has 0 saturated carbocycles. The van der Waals surface area contributed by atoms with Gasteiger partial charge in [0.1, 0.15) is 5.69 Å². The van der Waals surface area contributed by atoms with Gasteiger partial charge in [0.2, 0.25) is 0 Å².